The van der Waals surface area contributed by atoms with E-state index < -0.39 is 0 Å². The van der Waals surface area contributed by atoms with Crippen LogP contribution in [0.4, 0.5) is 0 Å². The number of benzene rings is 1. The van der Waals surface area contributed by atoms with Crippen LogP contribution in [-0.2, 0) is 6.42 Å². The van der Waals surface area contributed by atoms with E-state index in [0.717, 1.165) is 24.3 Å². The first-order valence-corrected chi connectivity index (χ1v) is 8.36. The van der Waals surface area contributed by atoms with E-state index in [-0.39, 0.29) is 5.02 Å². The van der Waals surface area contributed by atoms with Gasteiger partial charge in [-0.25, -0.2) is 0 Å². The van der Waals surface area contributed by atoms with Crippen LogP contribution in [0.25, 0.3) is 0 Å². The van der Waals surface area contributed by atoms with Crippen molar-refractivity contribution in [1.29, 1.82) is 0 Å². The third kappa shape index (κ3) is 4.89. The Morgan fingerprint density at radius 3 is 2.00 bits per heavy atom. The average molecular weight is 360 g/mol. The lowest BCUT2D eigenvalue weighted by atomic mass is 10.0. The summed E-state index contributed by atoms with van der Waals surface area (Å²) in [7, 11) is 0. The van der Waals surface area contributed by atoms with Crippen LogP contribution in [0.5, 0.6) is 0 Å². The fraction of sp³-hybridized carbons (Fsp3) is 0.571. The predicted molar refractivity (Wildman–Crippen MR) is 90.7 cm³/mol. The monoisotopic (exact) mass is 358 g/mol. The molecule has 0 amide bonds. The van der Waals surface area contributed by atoms with E-state index in [1.807, 2.05) is 0 Å². The molecule has 0 unspecified atom stereocenters. The highest BCUT2D eigenvalue weighted by atomic mass is 35.5. The second-order valence-electron chi connectivity index (χ2n) is 5.08. The number of hydrogen-bond donors (Lipinski definition) is 1. The Kier molecular flexibility index (Phi) is 7.71. The standard InChI is InChI=1S/C14H18Cl4S/c1-8(2)6-4-3-5-7-9-10(15)11(16)12(17)13(18)14(9)19/h8,19H,3-7H2,1-2H3. The molecule has 0 nitrogen and oxygen atoms in total. The molecule has 0 aliphatic carbocycles. The molecule has 0 fully saturated rings. The summed E-state index contributed by atoms with van der Waals surface area (Å²) in [5.74, 6) is 0.753. The molecule has 0 spiro atoms. The molecule has 19 heavy (non-hydrogen) atoms. The van der Waals surface area contributed by atoms with E-state index in [1.54, 1.807) is 0 Å². The van der Waals surface area contributed by atoms with E-state index in [1.165, 1.54) is 19.3 Å². The van der Waals surface area contributed by atoms with Gasteiger partial charge in [-0.05, 0) is 24.3 Å². The van der Waals surface area contributed by atoms with Crippen molar-refractivity contribution in [3.05, 3.63) is 25.7 Å². The molecule has 1 rings (SSSR count). The quantitative estimate of drug-likeness (QED) is 0.233. The van der Waals surface area contributed by atoms with E-state index in [0.29, 0.717) is 20.0 Å². The van der Waals surface area contributed by atoms with Crippen LogP contribution in [0, 0.1) is 5.92 Å². The molecule has 0 atom stereocenters. The van der Waals surface area contributed by atoms with Gasteiger partial charge in [-0.3, -0.25) is 0 Å². The van der Waals surface area contributed by atoms with Gasteiger partial charge in [-0.2, -0.15) is 0 Å². The van der Waals surface area contributed by atoms with Gasteiger partial charge in [-0.15, -0.1) is 12.6 Å². The van der Waals surface area contributed by atoms with Crippen molar-refractivity contribution in [2.75, 3.05) is 0 Å². The lowest BCUT2D eigenvalue weighted by Gasteiger charge is -2.13. The second-order valence-corrected chi connectivity index (χ2v) is 7.04. The molecule has 0 aromatic heterocycles. The van der Waals surface area contributed by atoms with E-state index in [2.05, 4.69) is 26.5 Å². The molecular weight excluding hydrogens is 342 g/mol. The minimum Gasteiger partial charge on any atom is -0.142 e. The average Bonchev–Trinajstić information content (AvgIpc) is 2.37. The van der Waals surface area contributed by atoms with Crippen molar-refractivity contribution in [1.82, 2.24) is 0 Å². The predicted octanol–water partition coefficient (Wildman–Crippen LogP) is 7.35. The second kappa shape index (κ2) is 8.24. The Bertz CT molecular complexity index is 415. The van der Waals surface area contributed by atoms with Gasteiger partial charge < -0.3 is 0 Å². The van der Waals surface area contributed by atoms with Crippen molar-refractivity contribution in [2.45, 2.75) is 50.8 Å². The molecule has 0 saturated heterocycles. The van der Waals surface area contributed by atoms with Gasteiger partial charge >= 0.3 is 0 Å². The van der Waals surface area contributed by atoms with Gasteiger partial charge in [0.15, 0.2) is 0 Å². The number of halogens is 4. The summed E-state index contributed by atoms with van der Waals surface area (Å²) in [6, 6.07) is 0. The minimum absolute atomic E-state index is 0.280. The molecule has 0 heterocycles. The Balaban J connectivity index is 2.69. The zero-order valence-corrected chi connectivity index (χ0v) is 15.0. The van der Waals surface area contributed by atoms with Gasteiger partial charge in [0, 0.05) is 4.90 Å². The maximum absolute atomic E-state index is 6.22. The number of thiol groups is 1. The van der Waals surface area contributed by atoms with Crippen molar-refractivity contribution in [2.24, 2.45) is 5.92 Å². The number of hydrogen-bond acceptors (Lipinski definition) is 1. The fourth-order valence-electron chi connectivity index (χ4n) is 1.92. The minimum atomic E-state index is 0.280. The Morgan fingerprint density at radius 1 is 0.842 bits per heavy atom. The van der Waals surface area contributed by atoms with Gasteiger partial charge in [0.1, 0.15) is 0 Å². The summed E-state index contributed by atoms with van der Waals surface area (Å²) in [4.78, 5) is 0.643. The summed E-state index contributed by atoms with van der Waals surface area (Å²) < 4.78 is 0. The van der Waals surface area contributed by atoms with Crippen molar-refractivity contribution in [3.8, 4) is 0 Å². The van der Waals surface area contributed by atoms with Crippen LogP contribution in [0.15, 0.2) is 4.90 Å². The van der Waals surface area contributed by atoms with Crippen LogP contribution in [0.2, 0.25) is 20.1 Å². The van der Waals surface area contributed by atoms with Gasteiger partial charge in [0.2, 0.25) is 0 Å². The van der Waals surface area contributed by atoms with Gasteiger partial charge in [0.25, 0.3) is 0 Å². The largest absolute Gasteiger partial charge is 0.142 e. The van der Waals surface area contributed by atoms with E-state index in [9.17, 15) is 0 Å². The first-order chi connectivity index (χ1) is 8.86. The highest BCUT2D eigenvalue weighted by molar-refractivity contribution is 7.80. The van der Waals surface area contributed by atoms with E-state index in [4.69, 9.17) is 46.4 Å². The lowest BCUT2D eigenvalue weighted by Crippen LogP contribution is -1.94. The topological polar surface area (TPSA) is 0 Å². The van der Waals surface area contributed by atoms with Crippen molar-refractivity contribution < 1.29 is 0 Å². The molecule has 0 N–H and O–H groups in total. The third-order valence-electron chi connectivity index (χ3n) is 3.05. The maximum atomic E-state index is 6.22. The van der Waals surface area contributed by atoms with Gasteiger partial charge in [-0.1, -0.05) is 79.5 Å². The Morgan fingerprint density at radius 2 is 1.42 bits per heavy atom. The van der Waals surface area contributed by atoms with E-state index >= 15 is 0 Å². The van der Waals surface area contributed by atoms with Crippen molar-refractivity contribution >= 4 is 59.0 Å². The normalized spacial score (nSPS) is 11.4. The number of rotatable bonds is 6. The fourth-order valence-corrected chi connectivity index (χ4v) is 3.38. The molecule has 0 radical (unpaired) electrons. The molecule has 0 bridgehead atoms. The van der Waals surface area contributed by atoms with Crippen LogP contribution < -0.4 is 0 Å². The summed E-state index contributed by atoms with van der Waals surface area (Å²) in [6.07, 6.45) is 5.52. The first-order valence-electron chi connectivity index (χ1n) is 6.40. The van der Waals surface area contributed by atoms with Crippen LogP contribution >= 0.6 is 59.0 Å². The van der Waals surface area contributed by atoms with Crippen molar-refractivity contribution in [3.63, 3.8) is 0 Å². The molecule has 0 aliphatic heterocycles. The highest BCUT2D eigenvalue weighted by Crippen LogP contribution is 2.43. The third-order valence-corrected chi connectivity index (χ3v) is 5.51. The SMILES string of the molecule is CC(C)CCCCCc1c(S)c(Cl)c(Cl)c(Cl)c1Cl. The Labute approximate surface area is 141 Å². The molecule has 5 heteroatoms. The lowest BCUT2D eigenvalue weighted by molar-refractivity contribution is 0.526. The summed E-state index contributed by atoms with van der Waals surface area (Å²) in [6.45, 7) is 4.48. The molecule has 108 valence electrons. The Hall–Kier alpha value is 0.730. The van der Waals surface area contributed by atoms with Crippen LogP contribution in [0.3, 0.4) is 0 Å². The molecular formula is C14H18Cl4S. The zero-order valence-electron chi connectivity index (χ0n) is 11.1. The summed E-state index contributed by atoms with van der Waals surface area (Å²) in [5, 5.41) is 1.46. The molecule has 0 saturated carbocycles. The molecule has 1 aromatic rings. The van der Waals surface area contributed by atoms with Gasteiger partial charge in [0.05, 0.1) is 20.1 Å². The van der Waals surface area contributed by atoms with Crippen LogP contribution in [-0.4, -0.2) is 0 Å². The molecule has 0 aliphatic rings. The summed E-state index contributed by atoms with van der Waals surface area (Å²) in [5.41, 5.74) is 0.897. The zero-order chi connectivity index (χ0) is 14.6. The summed E-state index contributed by atoms with van der Waals surface area (Å²) >= 11 is 28.7. The first kappa shape index (κ1) is 17.8. The van der Waals surface area contributed by atoms with Crippen LogP contribution in [0.1, 0.15) is 45.1 Å². The highest BCUT2D eigenvalue weighted by Gasteiger charge is 2.17. The molecule has 1 aromatic carbocycles. The number of unbranched alkanes of at least 4 members (excludes halogenated alkanes) is 2. The maximum Gasteiger partial charge on any atom is 0.0805 e. The smallest absolute Gasteiger partial charge is 0.0805 e.